The van der Waals surface area contributed by atoms with Crippen LogP contribution in [0.3, 0.4) is 0 Å². The summed E-state index contributed by atoms with van der Waals surface area (Å²) in [5.41, 5.74) is 0. The molecule has 0 radical (unpaired) electrons. The molecule has 0 spiro atoms. The van der Waals surface area contributed by atoms with Crippen LogP contribution < -0.4 is 9.47 Å². The van der Waals surface area contributed by atoms with Gasteiger partial charge in [-0.2, -0.15) is 0 Å². The van der Waals surface area contributed by atoms with Crippen molar-refractivity contribution in [3.8, 4) is 11.5 Å². The van der Waals surface area contributed by atoms with E-state index in [1.807, 2.05) is 72.8 Å². The second-order valence-electron chi connectivity index (χ2n) is 6.24. The van der Waals surface area contributed by atoms with Crippen LogP contribution in [0, 0.1) is 0 Å². The maximum Gasteiger partial charge on any atom is 0.335 e. The van der Waals surface area contributed by atoms with Crippen molar-refractivity contribution in [2.24, 2.45) is 0 Å². The molecule has 0 N–H and O–H groups in total. The normalized spacial score (nSPS) is 9.87. The minimum Gasteiger partial charge on any atom is -0.423 e. The van der Waals surface area contributed by atoms with Crippen LogP contribution in [-0.2, 0) is 9.59 Å². The highest BCUT2D eigenvalue weighted by atomic mass is 16.5. The first kappa shape index (κ1) is 20.6. The van der Waals surface area contributed by atoms with E-state index in [1.165, 1.54) is 0 Å². The molecule has 0 unspecified atom stereocenters. The van der Waals surface area contributed by atoms with Gasteiger partial charge in [0.25, 0.3) is 0 Å². The predicted molar refractivity (Wildman–Crippen MR) is 120 cm³/mol. The Labute approximate surface area is 174 Å². The first-order valence-electron chi connectivity index (χ1n) is 9.26. The highest BCUT2D eigenvalue weighted by Gasteiger charge is 2.04. The average Bonchev–Trinajstić information content (AvgIpc) is 2.79. The van der Waals surface area contributed by atoms with Crippen LogP contribution in [0.1, 0.15) is 0 Å². The first-order valence-corrected chi connectivity index (χ1v) is 9.26. The van der Waals surface area contributed by atoms with Gasteiger partial charge in [-0.1, -0.05) is 79.9 Å². The van der Waals surface area contributed by atoms with Gasteiger partial charge >= 0.3 is 11.9 Å². The van der Waals surface area contributed by atoms with Crippen LogP contribution in [0.5, 0.6) is 11.5 Å². The van der Waals surface area contributed by atoms with Gasteiger partial charge in [-0.05, 0) is 34.4 Å². The van der Waals surface area contributed by atoms with E-state index in [0.717, 1.165) is 33.7 Å². The van der Waals surface area contributed by atoms with Gasteiger partial charge in [-0.25, -0.2) is 9.59 Å². The molecule has 4 nitrogen and oxygen atoms in total. The largest absolute Gasteiger partial charge is 0.423 e. The minimum absolute atomic E-state index is 0.439. The van der Waals surface area contributed by atoms with Crippen molar-refractivity contribution in [2.75, 3.05) is 0 Å². The molecule has 0 saturated carbocycles. The standard InChI is InChI=1S/2C13H10O2/c1-2-13(14)15-12-9-5-7-10-6-3-4-8-11(10)12;1-2-13(14)15-12-8-7-10-5-3-4-6-11(10)9-12/h2*2-9H,1H2. The molecule has 0 amide bonds. The Morgan fingerprint density at radius 1 is 0.633 bits per heavy atom. The van der Waals surface area contributed by atoms with Gasteiger partial charge < -0.3 is 9.47 Å². The van der Waals surface area contributed by atoms with E-state index >= 15 is 0 Å². The van der Waals surface area contributed by atoms with E-state index in [9.17, 15) is 9.59 Å². The molecule has 30 heavy (non-hydrogen) atoms. The van der Waals surface area contributed by atoms with Crippen molar-refractivity contribution < 1.29 is 19.1 Å². The van der Waals surface area contributed by atoms with Gasteiger partial charge in [-0.15, -0.1) is 0 Å². The summed E-state index contributed by atoms with van der Waals surface area (Å²) < 4.78 is 10.1. The highest BCUT2D eigenvalue weighted by Crippen LogP contribution is 2.25. The fourth-order valence-electron chi connectivity index (χ4n) is 2.82. The van der Waals surface area contributed by atoms with Crippen LogP contribution in [0.25, 0.3) is 21.5 Å². The SMILES string of the molecule is C=CC(=O)Oc1ccc2ccccc2c1.C=CC(=O)Oc1cccc2ccccc12. The molecule has 4 heteroatoms. The smallest absolute Gasteiger partial charge is 0.335 e. The van der Waals surface area contributed by atoms with Crippen molar-refractivity contribution in [1.29, 1.82) is 0 Å². The molecule has 0 bridgehead atoms. The van der Waals surface area contributed by atoms with Crippen LogP contribution in [0.2, 0.25) is 0 Å². The zero-order valence-corrected chi connectivity index (χ0v) is 16.3. The zero-order valence-electron chi connectivity index (χ0n) is 16.3. The number of carbonyl (C=O) groups excluding carboxylic acids is 2. The summed E-state index contributed by atoms with van der Waals surface area (Å²) in [6.45, 7) is 6.71. The molecule has 0 atom stereocenters. The molecule has 4 aromatic carbocycles. The zero-order chi connectivity index (χ0) is 21.3. The van der Waals surface area contributed by atoms with Crippen molar-refractivity contribution in [2.45, 2.75) is 0 Å². The number of hydrogen-bond acceptors (Lipinski definition) is 4. The molecular formula is C26H20O4. The lowest BCUT2D eigenvalue weighted by Gasteiger charge is -2.05. The number of ether oxygens (including phenoxy) is 2. The lowest BCUT2D eigenvalue weighted by molar-refractivity contribution is -0.129. The molecule has 0 heterocycles. The summed E-state index contributed by atoms with van der Waals surface area (Å²) in [5, 5.41) is 4.14. The van der Waals surface area contributed by atoms with Crippen molar-refractivity contribution in [3.05, 3.63) is 110 Å². The maximum atomic E-state index is 11.1. The molecule has 0 fully saturated rings. The summed E-state index contributed by atoms with van der Waals surface area (Å²) in [6.07, 6.45) is 2.30. The Bertz CT molecular complexity index is 1210. The molecule has 0 aliphatic carbocycles. The molecule has 4 rings (SSSR count). The Kier molecular flexibility index (Phi) is 6.74. The Hall–Kier alpha value is -4.18. The monoisotopic (exact) mass is 396 g/mol. The molecule has 148 valence electrons. The molecule has 0 saturated heterocycles. The number of hydrogen-bond donors (Lipinski definition) is 0. The molecule has 0 aliphatic heterocycles. The van der Waals surface area contributed by atoms with Gasteiger partial charge in [0.2, 0.25) is 0 Å². The van der Waals surface area contributed by atoms with Crippen LogP contribution in [0.4, 0.5) is 0 Å². The quantitative estimate of drug-likeness (QED) is 0.246. The van der Waals surface area contributed by atoms with Crippen LogP contribution in [-0.4, -0.2) is 11.9 Å². The Morgan fingerprint density at radius 2 is 1.23 bits per heavy atom. The summed E-state index contributed by atoms with van der Waals surface area (Å²) >= 11 is 0. The molecular weight excluding hydrogens is 376 g/mol. The van der Waals surface area contributed by atoms with Crippen molar-refractivity contribution in [1.82, 2.24) is 0 Å². The van der Waals surface area contributed by atoms with Crippen molar-refractivity contribution >= 4 is 33.5 Å². The van der Waals surface area contributed by atoms with Gasteiger partial charge in [0, 0.05) is 17.5 Å². The number of fused-ring (bicyclic) bond motifs is 2. The number of esters is 2. The van der Waals surface area contributed by atoms with Gasteiger partial charge in [0.15, 0.2) is 0 Å². The minimum atomic E-state index is -0.440. The highest BCUT2D eigenvalue weighted by molar-refractivity contribution is 5.92. The second kappa shape index (κ2) is 9.85. The van der Waals surface area contributed by atoms with E-state index in [4.69, 9.17) is 9.47 Å². The lowest BCUT2D eigenvalue weighted by atomic mass is 10.1. The van der Waals surface area contributed by atoms with E-state index < -0.39 is 11.9 Å². The maximum absolute atomic E-state index is 11.1. The summed E-state index contributed by atoms with van der Waals surface area (Å²) in [6, 6.07) is 26.8. The third kappa shape index (κ3) is 5.20. The fourth-order valence-corrected chi connectivity index (χ4v) is 2.82. The fraction of sp³-hybridized carbons (Fsp3) is 0. The van der Waals surface area contributed by atoms with Crippen LogP contribution in [0.15, 0.2) is 110 Å². The third-order valence-electron chi connectivity index (χ3n) is 4.23. The number of rotatable bonds is 4. The number of benzene rings is 4. The summed E-state index contributed by atoms with van der Waals surface area (Å²) in [4.78, 5) is 22.1. The topological polar surface area (TPSA) is 52.6 Å². The number of carbonyl (C=O) groups is 2. The van der Waals surface area contributed by atoms with Gasteiger partial charge in [-0.3, -0.25) is 0 Å². The molecule has 0 aromatic heterocycles. The second-order valence-corrected chi connectivity index (χ2v) is 6.24. The van der Waals surface area contributed by atoms with Crippen LogP contribution >= 0.6 is 0 Å². The van der Waals surface area contributed by atoms with E-state index in [-0.39, 0.29) is 0 Å². The van der Waals surface area contributed by atoms with Crippen molar-refractivity contribution in [3.63, 3.8) is 0 Å². The summed E-state index contributed by atoms with van der Waals surface area (Å²) in [5.74, 6) is 0.230. The Balaban J connectivity index is 0.000000171. The van der Waals surface area contributed by atoms with Gasteiger partial charge in [0.1, 0.15) is 11.5 Å². The first-order chi connectivity index (χ1) is 14.6. The Morgan fingerprint density at radius 3 is 1.97 bits per heavy atom. The van der Waals surface area contributed by atoms with E-state index in [2.05, 4.69) is 13.2 Å². The summed E-state index contributed by atoms with van der Waals surface area (Å²) in [7, 11) is 0. The van der Waals surface area contributed by atoms with Gasteiger partial charge in [0.05, 0.1) is 0 Å². The lowest BCUT2D eigenvalue weighted by Crippen LogP contribution is -2.03. The molecule has 4 aromatic rings. The predicted octanol–water partition coefficient (Wildman–Crippen LogP) is 5.86. The van der Waals surface area contributed by atoms with E-state index in [0.29, 0.717) is 11.5 Å². The van der Waals surface area contributed by atoms with E-state index in [1.54, 1.807) is 12.1 Å². The molecule has 0 aliphatic rings. The third-order valence-corrected chi connectivity index (χ3v) is 4.23. The average molecular weight is 396 g/mol.